The van der Waals surface area contributed by atoms with Gasteiger partial charge < -0.3 is 18.6 Å². The van der Waals surface area contributed by atoms with E-state index in [0.29, 0.717) is 29.8 Å². The number of aromatic nitrogens is 1. The smallest absolute Gasteiger partial charge is 0.289 e. The SMILES string of the molecule is Cc1ccc2oc(SCc3ccc(C(=O)N4CCN(c5ccccc5C)CC4)o3)nc2c1. The second-order valence-electron chi connectivity index (χ2n) is 8.07. The third-order valence-corrected chi connectivity index (χ3v) is 6.61. The number of hydrogen-bond donors (Lipinski definition) is 0. The molecule has 5 rings (SSSR count). The molecule has 2 aromatic carbocycles. The van der Waals surface area contributed by atoms with Crippen LogP contribution in [0.25, 0.3) is 11.1 Å². The Morgan fingerprint density at radius 3 is 2.62 bits per heavy atom. The van der Waals surface area contributed by atoms with Crippen LogP contribution in [0.5, 0.6) is 0 Å². The molecule has 164 valence electrons. The van der Waals surface area contributed by atoms with E-state index in [0.717, 1.165) is 35.5 Å². The van der Waals surface area contributed by atoms with Gasteiger partial charge in [-0.1, -0.05) is 36.0 Å². The molecule has 0 spiro atoms. The number of fused-ring (bicyclic) bond motifs is 1. The molecule has 0 N–H and O–H groups in total. The molecule has 1 aliphatic heterocycles. The summed E-state index contributed by atoms with van der Waals surface area (Å²) in [4.78, 5) is 21.6. The largest absolute Gasteiger partial charge is 0.455 e. The lowest BCUT2D eigenvalue weighted by atomic mass is 10.1. The quantitative estimate of drug-likeness (QED) is 0.387. The number of benzene rings is 2. The van der Waals surface area contributed by atoms with Crippen LogP contribution in [0.2, 0.25) is 0 Å². The Balaban J connectivity index is 1.18. The van der Waals surface area contributed by atoms with Crippen molar-refractivity contribution < 1.29 is 13.6 Å². The second-order valence-corrected chi connectivity index (χ2v) is 9.00. The Bertz CT molecular complexity index is 1250. The van der Waals surface area contributed by atoms with E-state index in [1.54, 1.807) is 6.07 Å². The van der Waals surface area contributed by atoms with Gasteiger partial charge in [0.2, 0.25) is 0 Å². The fraction of sp³-hybridized carbons (Fsp3) is 0.280. The summed E-state index contributed by atoms with van der Waals surface area (Å²) in [6.45, 7) is 7.15. The molecule has 0 bridgehead atoms. The monoisotopic (exact) mass is 447 g/mol. The number of carbonyl (C=O) groups excluding carboxylic acids is 1. The number of piperazine rings is 1. The Morgan fingerprint density at radius 2 is 1.81 bits per heavy atom. The number of furan rings is 1. The van der Waals surface area contributed by atoms with E-state index in [1.807, 2.05) is 36.1 Å². The number of oxazole rings is 1. The summed E-state index contributed by atoms with van der Waals surface area (Å²) in [6, 6.07) is 17.9. The van der Waals surface area contributed by atoms with Crippen LogP contribution in [0.3, 0.4) is 0 Å². The molecule has 1 aliphatic rings. The molecule has 0 aliphatic carbocycles. The predicted molar refractivity (Wildman–Crippen MR) is 126 cm³/mol. The van der Waals surface area contributed by atoms with E-state index >= 15 is 0 Å². The molecule has 32 heavy (non-hydrogen) atoms. The minimum Gasteiger partial charge on any atom is -0.455 e. The van der Waals surface area contributed by atoms with E-state index in [-0.39, 0.29) is 5.91 Å². The predicted octanol–water partition coefficient (Wildman–Crippen LogP) is 5.29. The van der Waals surface area contributed by atoms with Gasteiger partial charge in [0.05, 0.1) is 5.75 Å². The molecule has 0 unspecified atom stereocenters. The first-order valence-electron chi connectivity index (χ1n) is 10.8. The maximum atomic E-state index is 12.9. The van der Waals surface area contributed by atoms with Crippen molar-refractivity contribution in [1.82, 2.24) is 9.88 Å². The molecular formula is C25H25N3O3S. The first kappa shape index (κ1) is 20.7. The highest BCUT2D eigenvalue weighted by Gasteiger charge is 2.25. The van der Waals surface area contributed by atoms with Crippen LogP contribution in [0.4, 0.5) is 5.69 Å². The van der Waals surface area contributed by atoms with Crippen LogP contribution >= 0.6 is 11.8 Å². The lowest BCUT2D eigenvalue weighted by Crippen LogP contribution is -2.48. The summed E-state index contributed by atoms with van der Waals surface area (Å²) < 4.78 is 11.6. The van der Waals surface area contributed by atoms with E-state index in [2.05, 4.69) is 41.1 Å². The number of anilines is 1. The average Bonchev–Trinajstić information content (AvgIpc) is 3.44. The maximum Gasteiger partial charge on any atom is 0.289 e. The van der Waals surface area contributed by atoms with Gasteiger partial charge in [-0.3, -0.25) is 4.79 Å². The Hall–Kier alpha value is -3.19. The molecule has 3 heterocycles. The van der Waals surface area contributed by atoms with Crippen molar-refractivity contribution in [2.24, 2.45) is 0 Å². The molecule has 4 aromatic rings. The molecule has 2 aromatic heterocycles. The van der Waals surface area contributed by atoms with E-state index < -0.39 is 0 Å². The van der Waals surface area contributed by atoms with Crippen LogP contribution in [0, 0.1) is 13.8 Å². The summed E-state index contributed by atoms with van der Waals surface area (Å²) in [5.41, 5.74) is 5.28. The summed E-state index contributed by atoms with van der Waals surface area (Å²) >= 11 is 1.46. The fourth-order valence-electron chi connectivity index (χ4n) is 4.01. The first-order chi connectivity index (χ1) is 15.6. The maximum absolute atomic E-state index is 12.9. The third kappa shape index (κ3) is 4.25. The lowest BCUT2D eigenvalue weighted by molar-refractivity contribution is 0.0713. The van der Waals surface area contributed by atoms with Gasteiger partial charge in [0, 0.05) is 31.9 Å². The first-order valence-corrected chi connectivity index (χ1v) is 11.7. The highest BCUT2D eigenvalue weighted by atomic mass is 32.2. The molecule has 1 amide bonds. The van der Waals surface area contributed by atoms with Gasteiger partial charge in [0.15, 0.2) is 11.3 Å². The van der Waals surface area contributed by atoms with Gasteiger partial charge in [-0.15, -0.1) is 0 Å². The third-order valence-electron chi connectivity index (χ3n) is 5.76. The lowest BCUT2D eigenvalue weighted by Gasteiger charge is -2.36. The zero-order chi connectivity index (χ0) is 22.1. The van der Waals surface area contributed by atoms with Gasteiger partial charge in [0.1, 0.15) is 11.3 Å². The van der Waals surface area contributed by atoms with Gasteiger partial charge in [-0.25, -0.2) is 4.98 Å². The number of rotatable bonds is 5. The van der Waals surface area contributed by atoms with Crippen molar-refractivity contribution in [2.75, 3.05) is 31.1 Å². The number of para-hydroxylation sites is 1. The summed E-state index contributed by atoms with van der Waals surface area (Å²) in [7, 11) is 0. The number of hydrogen-bond acceptors (Lipinski definition) is 6. The molecule has 0 atom stereocenters. The summed E-state index contributed by atoms with van der Waals surface area (Å²) in [5.74, 6) is 1.62. The van der Waals surface area contributed by atoms with E-state index in [9.17, 15) is 4.79 Å². The van der Waals surface area contributed by atoms with Crippen molar-refractivity contribution in [3.8, 4) is 0 Å². The molecule has 7 heteroatoms. The van der Waals surface area contributed by atoms with Crippen molar-refractivity contribution in [1.29, 1.82) is 0 Å². The van der Waals surface area contributed by atoms with E-state index in [1.165, 1.54) is 23.0 Å². The zero-order valence-electron chi connectivity index (χ0n) is 18.2. The Labute approximate surface area is 191 Å². The van der Waals surface area contributed by atoms with Crippen LogP contribution in [0.15, 0.2) is 68.7 Å². The number of thioether (sulfide) groups is 1. The average molecular weight is 448 g/mol. The number of carbonyl (C=O) groups is 1. The Kier molecular flexibility index (Phi) is 5.66. The van der Waals surface area contributed by atoms with Crippen LogP contribution in [-0.2, 0) is 5.75 Å². The van der Waals surface area contributed by atoms with Gasteiger partial charge in [-0.2, -0.15) is 0 Å². The minimum absolute atomic E-state index is 0.0528. The van der Waals surface area contributed by atoms with Crippen molar-refractivity contribution in [2.45, 2.75) is 24.8 Å². The fourth-order valence-corrected chi connectivity index (χ4v) is 4.74. The van der Waals surface area contributed by atoms with Gasteiger partial charge >= 0.3 is 0 Å². The summed E-state index contributed by atoms with van der Waals surface area (Å²) in [6.07, 6.45) is 0. The number of amides is 1. The van der Waals surface area contributed by atoms with Gasteiger partial charge in [-0.05, 0) is 55.3 Å². The minimum atomic E-state index is -0.0528. The Morgan fingerprint density at radius 1 is 1.00 bits per heavy atom. The highest BCUT2D eigenvalue weighted by Crippen LogP contribution is 2.28. The zero-order valence-corrected chi connectivity index (χ0v) is 19.0. The highest BCUT2D eigenvalue weighted by molar-refractivity contribution is 7.98. The van der Waals surface area contributed by atoms with Gasteiger partial charge in [0.25, 0.3) is 11.1 Å². The molecule has 1 fully saturated rings. The van der Waals surface area contributed by atoms with Crippen LogP contribution in [0.1, 0.15) is 27.4 Å². The molecule has 0 saturated carbocycles. The van der Waals surface area contributed by atoms with Crippen molar-refractivity contribution >= 4 is 34.5 Å². The van der Waals surface area contributed by atoms with Crippen LogP contribution < -0.4 is 4.90 Å². The van der Waals surface area contributed by atoms with E-state index in [4.69, 9.17) is 8.83 Å². The van der Waals surface area contributed by atoms with Crippen LogP contribution in [-0.4, -0.2) is 42.0 Å². The second kappa shape index (κ2) is 8.74. The van der Waals surface area contributed by atoms with Crippen molar-refractivity contribution in [3.05, 3.63) is 77.2 Å². The molecule has 0 radical (unpaired) electrons. The number of aryl methyl sites for hydroxylation is 2. The molecular weight excluding hydrogens is 422 g/mol. The topological polar surface area (TPSA) is 62.7 Å². The standard InChI is InChI=1S/C25H25N3O3S/c1-17-7-9-22-20(15-17)26-25(31-22)32-16-19-8-10-23(30-19)24(29)28-13-11-27(12-14-28)21-6-4-3-5-18(21)2/h3-10,15H,11-14,16H2,1-2H3. The molecule has 1 saturated heterocycles. The summed E-state index contributed by atoms with van der Waals surface area (Å²) in [5, 5.41) is 0.599. The number of nitrogens with zero attached hydrogens (tertiary/aromatic N) is 3. The molecule has 6 nitrogen and oxygen atoms in total. The van der Waals surface area contributed by atoms with Crippen molar-refractivity contribution in [3.63, 3.8) is 0 Å². The normalized spacial score (nSPS) is 14.3.